The fourth-order valence-corrected chi connectivity index (χ4v) is 2.05. The molecule has 2 N–H and O–H groups in total. The zero-order valence-corrected chi connectivity index (χ0v) is 8.59. The predicted octanol–water partition coefficient (Wildman–Crippen LogP) is -0.00982. The van der Waals surface area contributed by atoms with Crippen LogP contribution in [0.2, 0.25) is 0 Å². The molecule has 0 saturated heterocycles. The summed E-state index contributed by atoms with van der Waals surface area (Å²) in [6.45, 7) is 2.95. The molecule has 0 aliphatic heterocycles. The van der Waals surface area contributed by atoms with E-state index in [0.29, 0.717) is 0 Å². The minimum absolute atomic E-state index is 0.0548. The molecule has 0 amide bonds. The van der Waals surface area contributed by atoms with Crippen LogP contribution in [-0.4, -0.2) is 24.2 Å². The molecule has 0 unspecified atom stereocenters. The first-order valence-electron chi connectivity index (χ1n) is 3.82. The summed E-state index contributed by atoms with van der Waals surface area (Å²) in [6, 6.07) is 3.15. The van der Waals surface area contributed by atoms with Crippen LogP contribution in [-0.2, 0) is 10.0 Å². The molecule has 1 aromatic rings. The number of nitrogens with zero attached hydrogens (tertiary/aromatic N) is 2. The molecule has 0 spiro atoms. The van der Waals surface area contributed by atoms with Gasteiger partial charge in [-0.3, -0.25) is 5.10 Å². The number of H-pyrrole nitrogens is 1. The highest BCUT2D eigenvalue weighted by Crippen LogP contribution is 2.08. The van der Waals surface area contributed by atoms with Crippen LogP contribution < -0.4 is 4.72 Å². The lowest BCUT2D eigenvalue weighted by Gasteiger charge is -2.16. The number of hydrogen-bond donors (Lipinski definition) is 2. The van der Waals surface area contributed by atoms with Gasteiger partial charge in [0.2, 0.25) is 0 Å². The number of sulfonamides is 1. The lowest BCUT2D eigenvalue weighted by atomic mass is 10.1. The largest absolute Gasteiger partial charge is 0.266 e. The third kappa shape index (κ3) is 2.31. The Hall–Kier alpha value is -1.39. The molecule has 7 heteroatoms. The highest BCUT2D eigenvalue weighted by Gasteiger charge is 2.26. The maximum atomic E-state index is 11.5. The van der Waals surface area contributed by atoms with Crippen LogP contribution in [0.1, 0.15) is 13.8 Å². The average molecular weight is 214 g/mol. The Kier molecular flexibility index (Phi) is 2.59. The first kappa shape index (κ1) is 10.7. The normalized spacial score (nSPS) is 12.4. The summed E-state index contributed by atoms with van der Waals surface area (Å²) >= 11 is 0. The van der Waals surface area contributed by atoms with Crippen LogP contribution in [0, 0.1) is 11.3 Å². The van der Waals surface area contributed by atoms with Gasteiger partial charge in [-0.25, -0.2) is 8.42 Å². The molecule has 0 aliphatic carbocycles. The summed E-state index contributed by atoms with van der Waals surface area (Å²) in [6.07, 6.45) is 1.33. The first-order chi connectivity index (χ1) is 6.37. The van der Waals surface area contributed by atoms with Crippen LogP contribution in [0.4, 0.5) is 0 Å². The number of rotatable bonds is 3. The van der Waals surface area contributed by atoms with Gasteiger partial charge >= 0.3 is 0 Å². The van der Waals surface area contributed by atoms with E-state index in [1.165, 1.54) is 26.1 Å². The predicted molar refractivity (Wildman–Crippen MR) is 48.6 cm³/mol. The van der Waals surface area contributed by atoms with Crippen LogP contribution in [0.3, 0.4) is 0 Å². The monoisotopic (exact) mass is 214 g/mol. The van der Waals surface area contributed by atoms with E-state index >= 15 is 0 Å². The van der Waals surface area contributed by atoms with Gasteiger partial charge in [0.25, 0.3) is 10.0 Å². The molecular weight excluding hydrogens is 204 g/mol. The van der Waals surface area contributed by atoms with Crippen LogP contribution in [0.5, 0.6) is 0 Å². The van der Waals surface area contributed by atoms with Gasteiger partial charge in [0.05, 0.1) is 12.3 Å². The number of nitrogens with one attached hydrogen (secondary N) is 2. The Morgan fingerprint density at radius 3 is 2.71 bits per heavy atom. The van der Waals surface area contributed by atoms with Gasteiger partial charge in [0.1, 0.15) is 5.54 Å². The lowest BCUT2D eigenvalue weighted by molar-refractivity contribution is 0.532. The van der Waals surface area contributed by atoms with E-state index in [4.69, 9.17) is 5.26 Å². The van der Waals surface area contributed by atoms with Crippen molar-refractivity contribution in [1.82, 2.24) is 14.9 Å². The van der Waals surface area contributed by atoms with E-state index in [-0.39, 0.29) is 5.03 Å². The summed E-state index contributed by atoms with van der Waals surface area (Å²) in [4.78, 5) is 0. The van der Waals surface area contributed by atoms with E-state index in [9.17, 15) is 8.42 Å². The van der Waals surface area contributed by atoms with Gasteiger partial charge in [-0.2, -0.15) is 15.1 Å². The second-order valence-electron chi connectivity index (χ2n) is 3.26. The maximum absolute atomic E-state index is 11.5. The highest BCUT2D eigenvalue weighted by atomic mass is 32.2. The summed E-state index contributed by atoms with van der Waals surface area (Å²) in [5.41, 5.74) is -1.13. The van der Waals surface area contributed by atoms with Crippen molar-refractivity contribution in [2.45, 2.75) is 24.4 Å². The Morgan fingerprint density at radius 1 is 1.64 bits per heavy atom. The lowest BCUT2D eigenvalue weighted by Crippen LogP contribution is -2.42. The summed E-state index contributed by atoms with van der Waals surface area (Å²) in [5, 5.41) is 14.4. The molecule has 1 rings (SSSR count). The molecule has 1 heterocycles. The van der Waals surface area contributed by atoms with E-state index in [1.807, 2.05) is 6.07 Å². The minimum Gasteiger partial charge on any atom is -0.266 e. The average Bonchev–Trinajstić information content (AvgIpc) is 2.54. The van der Waals surface area contributed by atoms with Crippen molar-refractivity contribution in [2.24, 2.45) is 0 Å². The molecule has 14 heavy (non-hydrogen) atoms. The molecular formula is C7H10N4O2S. The van der Waals surface area contributed by atoms with Crippen molar-refractivity contribution in [3.8, 4) is 6.07 Å². The Bertz CT molecular complexity index is 441. The van der Waals surface area contributed by atoms with Gasteiger partial charge in [0, 0.05) is 0 Å². The van der Waals surface area contributed by atoms with E-state index in [2.05, 4.69) is 14.9 Å². The number of aromatic nitrogens is 2. The second kappa shape index (κ2) is 3.40. The molecule has 6 nitrogen and oxygen atoms in total. The van der Waals surface area contributed by atoms with E-state index in [1.54, 1.807) is 0 Å². The molecule has 0 fully saturated rings. The highest BCUT2D eigenvalue weighted by molar-refractivity contribution is 7.89. The number of hydrogen-bond acceptors (Lipinski definition) is 4. The Morgan fingerprint density at radius 2 is 2.29 bits per heavy atom. The van der Waals surface area contributed by atoms with Crippen molar-refractivity contribution in [3.63, 3.8) is 0 Å². The summed E-state index contributed by atoms with van der Waals surface area (Å²) in [7, 11) is -3.68. The van der Waals surface area contributed by atoms with Gasteiger partial charge in [-0.15, -0.1) is 0 Å². The van der Waals surface area contributed by atoms with Crippen molar-refractivity contribution >= 4 is 10.0 Å². The standard InChI is InChI=1S/C7H10N4O2S/c1-7(2,5-8)11-14(12,13)6-3-4-9-10-6/h3-4,11H,1-2H3,(H,9,10). The maximum Gasteiger partial charge on any atom is 0.258 e. The first-order valence-corrected chi connectivity index (χ1v) is 5.30. The van der Waals surface area contributed by atoms with Crippen molar-refractivity contribution < 1.29 is 8.42 Å². The smallest absolute Gasteiger partial charge is 0.258 e. The molecule has 1 aromatic heterocycles. The second-order valence-corrected chi connectivity index (χ2v) is 4.91. The quantitative estimate of drug-likeness (QED) is 0.739. The number of nitriles is 1. The van der Waals surface area contributed by atoms with Crippen molar-refractivity contribution in [1.29, 1.82) is 5.26 Å². The van der Waals surface area contributed by atoms with Crippen LogP contribution in [0.25, 0.3) is 0 Å². The summed E-state index contributed by atoms with van der Waals surface area (Å²) < 4.78 is 25.3. The molecule has 0 atom stereocenters. The molecule has 76 valence electrons. The zero-order chi connectivity index (χ0) is 10.8. The van der Waals surface area contributed by atoms with E-state index < -0.39 is 15.6 Å². The molecule has 0 aliphatic rings. The number of aromatic amines is 1. The summed E-state index contributed by atoms with van der Waals surface area (Å²) in [5.74, 6) is 0. The van der Waals surface area contributed by atoms with Crippen molar-refractivity contribution in [3.05, 3.63) is 12.3 Å². The van der Waals surface area contributed by atoms with E-state index in [0.717, 1.165) is 0 Å². The van der Waals surface area contributed by atoms with Crippen LogP contribution >= 0.6 is 0 Å². The molecule has 0 radical (unpaired) electrons. The third-order valence-electron chi connectivity index (χ3n) is 1.43. The Balaban J connectivity index is 2.97. The third-order valence-corrected chi connectivity index (χ3v) is 3.02. The fraction of sp³-hybridized carbons (Fsp3) is 0.429. The molecule has 0 saturated carbocycles. The SMILES string of the molecule is CC(C)(C#N)NS(=O)(=O)c1ccn[nH]1. The van der Waals surface area contributed by atoms with Crippen molar-refractivity contribution in [2.75, 3.05) is 0 Å². The topological polar surface area (TPSA) is 98.6 Å². The molecule has 0 aromatic carbocycles. The zero-order valence-electron chi connectivity index (χ0n) is 7.77. The molecule has 0 bridgehead atoms. The minimum atomic E-state index is -3.68. The van der Waals surface area contributed by atoms with Gasteiger partial charge in [-0.05, 0) is 19.9 Å². The Labute approximate surface area is 82.0 Å². The van der Waals surface area contributed by atoms with Gasteiger partial charge < -0.3 is 0 Å². The van der Waals surface area contributed by atoms with Gasteiger partial charge in [0.15, 0.2) is 5.03 Å². The fourth-order valence-electron chi connectivity index (χ4n) is 0.806. The van der Waals surface area contributed by atoms with Crippen LogP contribution in [0.15, 0.2) is 17.3 Å². The van der Waals surface area contributed by atoms with Gasteiger partial charge in [-0.1, -0.05) is 0 Å².